The van der Waals surface area contributed by atoms with Gasteiger partial charge in [-0.2, -0.15) is 0 Å². The zero-order chi connectivity index (χ0) is 14.8. The molecule has 0 fully saturated rings. The van der Waals surface area contributed by atoms with Crippen LogP contribution in [0.15, 0.2) is 42.5 Å². The van der Waals surface area contributed by atoms with Crippen molar-refractivity contribution in [3.05, 3.63) is 58.9 Å². The Hall–Kier alpha value is -2.40. The van der Waals surface area contributed by atoms with Gasteiger partial charge in [0.15, 0.2) is 11.6 Å². The van der Waals surface area contributed by atoms with Crippen LogP contribution in [0.25, 0.3) is 11.0 Å². The van der Waals surface area contributed by atoms with E-state index < -0.39 is 5.82 Å². The first-order valence-electron chi connectivity index (χ1n) is 6.33. The summed E-state index contributed by atoms with van der Waals surface area (Å²) in [6.45, 7) is 0.428. The summed E-state index contributed by atoms with van der Waals surface area (Å²) in [6.07, 6.45) is 0. The topological polar surface area (TPSA) is 63.8 Å². The molecule has 21 heavy (non-hydrogen) atoms. The van der Waals surface area contributed by atoms with Gasteiger partial charge in [-0.3, -0.25) is 0 Å². The van der Waals surface area contributed by atoms with Gasteiger partial charge in [-0.25, -0.2) is 14.4 Å². The first kappa shape index (κ1) is 13.6. The molecular weight excluding hydrogens is 291 g/mol. The number of nitrogens with one attached hydrogen (secondary N) is 1. The second kappa shape index (κ2) is 5.54. The summed E-state index contributed by atoms with van der Waals surface area (Å²) in [6, 6.07) is 12.0. The van der Waals surface area contributed by atoms with Gasteiger partial charge in [-0.1, -0.05) is 29.8 Å². The van der Waals surface area contributed by atoms with Crippen LogP contribution >= 0.6 is 11.6 Å². The van der Waals surface area contributed by atoms with Crippen LogP contribution in [0.3, 0.4) is 0 Å². The van der Waals surface area contributed by atoms with Gasteiger partial charge in [0.05, 0.1) is 16.1 Å². The summed E-state index contributed by atoms with van der Waals surface area (Å²) in [4.78, 5) is 8.71. The predicted molar refractivity (Wildman–Crippen MR) is 82.7 cm³/mol. The van der Waals surface area contributed by atoms with E-state index in [2.05, 4.69) is 15.3 Å². The van der Waals surface area contributed by atoms with Crippen molar-refractivity contribution in [2.45, 2.75) is 6.54 Å². The molecule has 1 aromatic heterocycles. The number of aromatic nitrogens is 2. The van der Waals surface area contributed by atoms with Crippen molar-refractivity contribution in [3.8, 4) is 0 Å². The number of nitrogens with zero attached hydrogens (tertiary/aromatic N) is 2. The molecule has 0 unspecified atom stereocenters. The highest BCUT2D eigenvalue weighted by molar-refractivity contribution is 6.30. The molecule has 3 aromatic rings. The van der Waals surface area contributed by atoms with E-state index >= 15 is 0 Å². The zero-order valence-corrected chi connectivity index (χ0v) is 11.7. The van der Waals surface area contributed by atoms with Crippen LogP contribution in [0, 0.1) is 5.82 Å². The van der Waals surface area contributed by atoms with Crippen LogP contribution in [0.5, 0.6) is 0 Å². The Morgan fingerprint density at radius 1 is 1.10 bits per heavy atom. The average molecular weight is 303 g/mol. The normalized spacial score (nSPS) is 10.8. The van der Waals surface area contributed by atoms with E-state index in [1.165, 1.54) is 6.07 Å². The van der Waals surface area contributed by atoms with Crippen molar-refractivity contribution in [1.29, 1.82) is 0 Å². The molecule has 4 nitrogen and oxygen atoms in total. The summed E-state index contributed by atoms with van der Waals surface area (Å²) < 4.78 is 13.1. The molecule has 0 atom stereocenters. The highest BCUT2D eigenvalue weighted by atomic mass is 35.5. The second-order valence-corrected chi connectivity index (χ2v) is 4.96. The summed E-state index contributed by atoms with van der Waals surface area (Å²) in [5.41, 5.74) is 8.21. The molecule has 0 spiro atoms. The van der Waals surface area contributed by atoms with Gasteiger partial charge in [-0.15, -0.1) is 0 Å². The maximum Gasteiger partial charge on any atom is 0.169 e. The molecule has 6 heteroatoms. The standard InChI is InChI=1S/C15H12ClFN4/c16-10-7-9(5-6-11(10)17)8-19-15-14(18)20-12-3-1-2-4-13(12)21-15/h1-7H,8H2,(H2,18,20)(H,19,21). The molecule has 1 heterocycles. The summed E-state index contributed by atoms with van der Waals surface area (Å²) in [7, 11) is 0. The number of para-hydroxylation sites is 2. The number of fused-ring (bicyclic) bond motifs is 1. The quantitative estimate of drug-likeness (QED) is 0.775. The minimum Gasteiger partial charge on any atom is -0.381 e. The average Bonchev–Trinajstić information content (AvgIpc) is 2.48. The third-order valence-corrected chi connectivity index (χ3v) is 3.33. The Bertz CT molecular complexity index is 807. The highest BCUT2D eigenvalue weighted by Crippen LogP contribution is 2.20. The van der Waals surface area contributed by atoms with Crippen molar-refractivity contribution < 1.29 is 4.39 Å². The monoisotopic (exact) mass is 302 g/mol. The molecule has 0 amide bonds. The largest absolute Gasteiger partial charge is 0.381 e. The first-order chi connectivity index (χ1) is 10.1. The molecule has 0 radical (unpaired) electrons. The van der Waals surface area contributed by atoms with Crippen molar-refractivity contribution in [1.82, 2.24) is 9.97 Å². The van der Waals surface area contributed by atoms with Gasteiger partial charge in [-0.05, 0) is 29.8 Å². The van der Waals surface area contributed by atoms with Crippen molar-refractivity contribution in [2.75, 3.05) is 11.1 Å². The summed E-state index contributed by atoms with van der Waals surface area (Å²) in [5, 5.41) is 3.18. The highest BCUT2D eigenvalue weighted by Gasteiger charge is 2.06. The lowest BCUT2D eigenvalue weighted by molar-refractivity contribution is 0.627. The maximum absolute atomic E-state index is 13.1. The van der Waals surface area contributed by atoms with Gasteiger partial charge in [0, 0.05) is 6.54 Å². The number of rotatable bonds is 3. The van der Waals surface area contributed by atoms with Crippen LogP contribution in [0.1, 0.15) is 5.56 Å². The molecule has 3 rings (SSSR count). The molecule has 0 saturated heterocycles. The van der Waals surface area contributed by atoms with E-state index in [-0.39, 0.29) is 5.02 Å². The smallest absolute Gasteiger partial charge is 0.169 e. The molecule has 106 valence electrons. The Balaban J connectivity index is 1.84. The minimum absolute atomic E-state index is 0.0897. The fraction of sp³-hybridized carbons (Fsp3) is 0.0667. The van der Waals surface area contributed by atoms with Crippen LogP contribution in [-0.2, 0) is 6.54 Å². The molecule has 0 bridgehead atoms. The number of benzene rings is 2. The summed E-state index contributed by atoms with van der Waals surface area (Å²) in [5.74, 6) is 0.376. The summed E-state index contributed by atoms with van der Waals surface area (Å²) >= 11 is 5.75. The lowest BCUT2D eigenvalue weighted by Crippen LogP contribution is -2.06. The lowest BCUT2D eigenvalue weighted by atomic mass is 10.2. The Labute approximate surface area is 125 Å². The minimum atomic E-state index is -0.439. The van der Waals surface area contributed by atoms with E-state index in [1.807, 2.05) is 24.3 Å². The maximum atomic E-state index is 13.1. The van der Waals surface area contributed by atoms with Crippen molar-refractivity contribution in [3.63, 3.8) is 0 Å². The van der Waals surface area contributed by atoms with Crippen LogP contribution in [0.4, 0.5) is 16.0 Å². The third-order valence-electron chi connectivity index (χ3n) is 3.04. The molecule has 0 saturated carbocycles. The molecule has 3 N–H and O–H groups in total. The van der Waals surface area contributed by atoms with Crippen molar-refractivity contribution in [2.24, 2.45) is 0 Å². The second-order valence-electron chi connectivity index (χ2n) is 4.55. The Morgan fingerprint density at radius 2 is 1.81 bits per heavy atom. The van der Waals surface area contributed by atoms with E-state index in [0.717, 1.165) is 16.6 Å². The van der Waals surface area contributed by atoms with Gasteiger partial charge in [0.2, 0.25) is 0 Å². The number of hydrogen-bond donors (Lipinski definition) is 2. The Kier molecular flexibility index (Phi) is 3.58. The van der Waals surface area contributed by atoms with E-state index in [9.17, 15) is 4.39 Å². The molecule has 0 aliphatic carbocycles. The van der Waals surface area contributed by atoms with Gasteiger partial charge >= 0.3 is 0 Å². The predicted octanol–water partition coefficient (Wildman–Crippen LogP) is 3.62. The van der Waals surface area contributed by atoms with Crippen molar-refractivity contribution >= 4 is 34.3 Å². The number of anilines is 2. The first-order valence-corrected chi connectivity index (χ1v) is 6.71. The van der Waals surface area contributed by atoms with Crippen LogP contribution in [-0.4, -0.2) is 9.97 Å². The molecular formula is C15H12ClFN4. The van der Waals surface area contributed by atoms with Gasteiger partial charge < -0.3 is 11.1 Å². The van der Waals surface area contributed by atoms with Gasteiger partial charge in [0.25, 0.3) is 0 Å². The fourth-order valence-electron chi connectivity index (χ4n) is 1.98. The number of nitrogen functional groups attached to an aromatic ring is 1. The van der Waals surface area contributed by atoms with E-state index in [0.29, 0.717) is 18.2 Å². The molecule has 0 aliphatic heterocycles. The van der Waals surface area contributed by atoms with Crippen LogP contribution < -0.4 is 11.1 Å². The number of nitrogens with two attached hydrogens (primary N) is 1. The van der Waals surface area contributed by atoms with Gasteiger partial charge in [0.1, 0.15) is 5.82 Å². The molecule has 2 aromatic carbocycles. The Morgan fingerprint density at radius 3 is 2.52 bits per heavy atom. The molecule has 0 aliphatic rings. The van der Waals surface area contributed by atoms with Crippen LogP contribution in [0.2, 0.25) is 5.02 Å². The number of halogens is 2. The fourth-order valence-corrected chi connectivity index (χ4v) is 2.18. The SMILES string of the molecule is Nc1nc2ccccc2nc1NCc1ccc(F)c(Cl)c1. The zero-order valence-electron chi connectivity index (χ0n) is 11.0. The van der Waals surface area contributed by atoms with E-state index in [4.69, 9.17) is 17.3 Å². The lowest BCUT2D eigenvalue weighted by Gasteiger charge is -2.09. The van der Waals surface area contributed by atoms with E-state index in [1.54, 1.807) is 12.1 Å². The number of hydrogen-bond acceptors (Lipinski definition) is 4. The third kappa shape index (κ3) is 2.87.